The zero-order valence-corrected chi connectivity index (χ0v) is 56.7. The summed E-state index contributed by atoms with van der Waals surface area (Å²) in [6.45, 7) is 58.7. The van der Waals surface area contributed by atoms with Crippen LogP contribution in [-0.2, 0) is 43.3 Å². The summed E-state index contributed by atoms with van der Waals surface area (Å²) in [5.41, 5.74) is 35.8. The third kappa shape index (κ3) is 8.15. The minimum absolute atomic E-state index is 0.0479. The van der Waals surface area contributed by atoms with Crippen LogP contribution < -0.4 is 32.8 Å². The molecule has 0 aromatic heterocycles. The monoisotopic (exact) mass is 1120 g/mol. The van der Waals surface area contributed by atoms with Crippen LogP contribution >= 0.6 is 0 Å². The molecule has 2 heteroatoms. The van der Waals surface area contributed by atoms with Gasteiger partial charge in [0.2, 0.25) is 13.4 Å². The van der Waals surface area contributed by atoms with E-state index in [1.807, 2.05) is 0 Å². The number of rotatable bonds is 2. The Morgan fingerprint density at radius 3 is 0.767 bits per heavy atom. The van der Waals surface area contributed by atoms with Crippen molar-refractivity contribution >= 4 is 78.5 Å². The zero-order chi connectivity index (χ0) is 61.8. The van der Waals surface area contributed by atoms with E-state index in [4.69, 9.17) is 0 Å². The molecule has 0 radical (unpaired) electrons. The van der Waals surface area contributed by atoms with Crippen LogP contribution in [0.5, 0.6) is 0 Å². The lowest BCUT2D eigenvalue weighted by atomic mass is 9.34. The van der Waals surface area contributed by atoms with E-state index in [0.717, 1.165) is 0 Å². The van der Waals surface area contributed by atoms with E-state index in [2.05, 4.69) is 287 Å². The first-order valence-electron chi connectivity index (χ1n) is 32.6. The van der Waals surface area contributed by atoms with Gasteiger partial charge in [0.1, 0.15) is 0 Å². The second-order valence-corrected chi connectivity index (χ2v) is 35.4. The average Bonchev–Trinajstić information content (AvgIpc) is 1.15. The molecule has 0 aliphatic carbocycles. The largest absolute Gasteiger partial charge is 0.244 e. The van der Waals surface area contributed by atoms with Gasteiger partial charge >= 0.3 is 0 Å². The van der Waals surface area contributed by atoms with Gasteiger partial charge in [-0.2, -0.15) is 0 Å². The van der Waals surface area contributed by atoms with Crippen molar-refractivity contribution < 1.29 is 0 Å². The Labute approximate surface area is 517 Å². The van der Waals surface area contributed by atoms with Crippen LogP contribution in [0.15, 0.2) is 121 Å². The molecule has 10 aromatic carbocycles. The van der Waals surface area contributed by atoms with E-state index in [1.165, 1.54) is 176 Å². The predicted molar refractivity (Wildman–Crippen MR) is 382 cm³/mol. The highest BCUT2D eigenvalue weighted by Crippen LogP contribution is 2.56. The van der Waals surface area contributed by atoms with Gasteiger partial charge in [-0.05, 0) is 199 Å². The summed E-state index contributed by atoms with van der Waals surface area (Å²) in [6, 6.07) is 51.0. The van der Waals surface area contributed by atoms with Crippen molar-refractivity contribution in [2.45, 2.75) is 209 Å². The van der Waals surface area contributed by atoms with Crippen LogP contribution in [0.2, 0.25) is 0 Å². The van der Waals surface area contributed by atoms with E-state index in [1.54, 1.807) is 0 Å². The van der Waals surface area contributed by atoms with Crippen LogP contribution in [0.25, 0.3) is 99.1 Å². The van der Waals surface area contributed by atoms with Gasteiger partial charge in [-0.1, -0.05) is 308 Å². The molecule has 0 N–H and O–H groups in total. The lowest BCUT2D eigenvalue weighted by Gasteiger charge is -2.37. The normalized spacial score (nSPS) is 14.7. The number of fused-ring (bicyclic) bond motifs is 10. The molecule has 0 bridgehead atoms. The Morgan fingerprint density at radius 1 is 0.221 bits per heavy atom. The quantitative estimate of drug-likeness (QED) is 0.120. The van der Waals surface area contributed by atoms with Crippen LogP contribution in [0.1, 0.15) is 211 Å². The number of hydrogen-bond acceptors (Lipinski definition) is 0. The maximum absolute atomic E-state index is 2.78. The lowest BCUT2D eigenvalue weighted by molar-refractivity contribution is 0.550. The van der Waals surface area contributed by atoms with Crippen LogP contribution in [-0.4, -0.2) is 13.4 Å². The van der Waals surface area contributed by atoms with Crippen LogP contribution in [0.4, 0.5) is 0 Å². The Balaban J connectivity index is 1.31. The van der Waals surface area contributed by atoms with E-state index in [0.29, 0.717) is 0 Å². The van der Waals surface area contributed by atoms with Crippen molar-refractivity contribution in [3.05, 3.63) is 166 Å². The molecule has 14 rings (SSSR count). The SMILES string of the molecule is CC(C)(C)c1cc2c3c(c1)-c1cc(-c4c(C(C)(C)C)cc(C(C)(C)C)cc4C(C)(C)C)c4cc5c6c(cc(-c7c(C(C)(C)C)cc(C(C)(C)C)cc7C(C)(C)C)c7cc(c1c4c76)B3c1ccccc1-2)-c1cc(C(C)(C)C)cc2c1B5c1ccccc1-2. The fraction of sp³-hybridized carbons (Fsp3) is 0.381. The van der Waals surface area contributed by atoms with Crippen molar-refractivity contribution in [2.24, 2.45) is 0 Å². The second kappa shape index (κ2) is 17.6. The van der Waals surface area contributed by atoms with Crippen molar-refractivity contribution in [1.29, 1.82) is 0 Å². The van der Waals surface area contributed by atoms with E-state index in [-0.39, 0.29) is 56.7 Å². The van der Waals surface area contributed by atoms with Gasteiger partial charge in [0.15, 0.2) is 0 Å². The predicted octanol–water partition coefficient (Wildman–Crippen LogP) is 19.3. The molecule has 86 heavy (non-hydrogen) atoms. The Morgan fingerprint density at radius 2 is 0.488 bits per heavy atom. The van der Waals surface area contributed by atoms with Crippen molar-refractivity contribution in [2.75, 3.05) is 0 Å². The molecular weight excluding hydrogens is 1030 g/mol. The molecule has 0 saturated heterocycles. The molecule has 4 heterocycles. The first-order valence-corrected chi connectivity index (χ1v) is 32.6. The van der Waals surface area contributed by atoms with Gasteiger partial charge in [0, 0.05) is 0 Å². The maximum Gasteiger partial charge on any atom is 0.244 e. The highest BCUT2D eigenvalue weighted by molar-refractivity contribution is 7.03. The molecule has 0 amide bonds. The molecule has 4 aliphatic heterocycles. The van der Waals surface area contributed by atoms with Gasteiger partial charge in [0.05, 0.1) is 0 Å². The first kappa shape index (κ1) is 57.1. The van der Waals surface area contributed by atoms with Crippen molar-refractivity contribution in [3.63, 3.8) is 0 Å². The summed E-state index contributed by atoms with van der Waals surface area (Å²) < 4.78 is 0. The van der Waals surface area contributed by atoms with Crippen LogP contribution in [0, 0.1) is 0 Å². The molecule has 434 valence electrons. The smallest absolute Gasteiger partial charge is 0.0664 e. The fourth-order valence-corrected chi connectivity index (χ4v) is 16.3. The second-order valence-electron chi connectivity index (χ2n) is 35.4. The van der Waals surface area contributed by atoms with Crippen molar-refractivity contribution in [1.82, 2.24) is 0 Å². The third-order valence-electron chi connectivity index (χ3n) is 20.9. The Hall–Kier alpha value is -6.63. The van der Waals surface area contributed by atoms with Gasteiger partial charge in [0.25, 0.3) is 0 Å². The minimum Gasteiger partial charge on any atom is -0.0664 e. The van der Waals surface area contributed by atoms with Crippen LogP contribution in [0.3, 0.4) is 0 Å². The Bertz CT molecular complexity index is 4260. The average molecular weight is 1120 g/mol. The molecule has 0 spiro atoms. The Kier molecular flexibility index (Phi) is 11.7. The zero-order valence-electron chi connectivity index (χ0n) is 56.7. The molecule has 0 fully saturated rings. The highest BCUT2D eigenvalue weighted by atomic mass is 14.4. The minimum atomic E-state index is -0.174. The van der Waals surface area contributed by atoms with Gasteiger partial charge in [-0.3, -0.25) is 0 Å². The van der Waals surface area contributed by atoms with Gasteiger partial charge < -0.3 is 0 Å². The lowest BCUT2D eigenvalue weighted by Crippen LogP contribution is -2.53. The fourth-order valence-electron chi connectivity index (χ4n) is 16.3. The van der Waals surface area contributed by atoms with Gasteiger partial charge in [-0.15, -0.1) is 0 Å². The molecule has 0 atom stereocenters. The van der Waals surface area contributed by atoms with Gasteiger partial charge in [-0.25, -0.2) is 0 Å². The topological polar surface area (TPSA) is 0 Å². The standard InChI is InChI=1S/C84H92B2/c1-77(2,3)45-33-57-49-29-25-27-31-65(49)85-67-43-56-52(70-63(83(19,20)21)39-48(80(10,11)12)40-64(70)84(22,23)24)42-54-60-36-46(78(4,5)6)34-58-50-30-26-28-32-66(50)86(76(58)60)68-44-55-51(41-53(59(35-45)75(57)85)71(67)73(55)74(56)72(54)68)69-61(81(13,14)15)37-47(79(7,8)9)38-62(69)82(16,17)18/h25-44H,1-24H3. The summed E-state index contributed by atoms with van der Waals surface area (Å²) in [4.78, 5) is 0. The molecule has 0 unspecified atom stereocenters. The summed E-state index contributed by atoms with van der Waals surface area (Å²) >= 11 is 0. The molecule has 0 nitrogen and oxygen atoms in total. The van der Waals surface area contributed by atoms with E-state index < -0.39 is 0 Å². The highest BCUT2D eigenvalue weighted by Gasteiger charge is 2.47. The number of hydrogen-bond donors (Lipinski definition) is 0. The first-order chi connectivity index (χ1) is 39.7. The summed E-state index contributed by atoms with van der Waals surface area (Å²) in [7, 11) is 0. The molecule has 4 aliphatic rings. The molecule has 0 saturated carbocycles. The summed E-state index contributed by atoms with van der Waals surface area (Å²) in [6.07, 6.45) is 0. The third-order valence-corrected chi connectivity index (χ3v) is 20.9. The molecule has 10 aromatic rings. The van der Waals surface area contributed by atoms with Crippen molar-refractivity contribution in [3.8, 4) is 66.8 Å². The van der Waals surface area contributed by atoms with E-state index >= 15 is 0 Å². The number of benzene rings is 10. The summed E-state index contributed by atoms with van der Waals surface area (Å²) in [5.74, 6) is 0. The maximum atomic E-state index is 2.78. The molecular formula is C84H92B2. The summed E-state index contributed by atoms with van der Waals surface area (Å²) in [5, 5.41) is 8.53. The van der Waals surface area contributed by atoms with E-state index in [9.17, 15) is 0 Å².